The Kier molecular flexibility index (Phi) is 11.4. The number of nitrogens with zero attached hydrogens (tertiary/aromatic N) is 5. The Hall–Kier alpha value is -3.55. The first-order valence-electron chi connectivity index (χ1n) is 17.1. The lowest BCUT2D eigenvalue weighted by Gasteiger charge is -2.32. The maximum absolute atomic E-state index is 14.3. The summed E-state index contributed by atoms with van der Waals surface area (Å²) in [5, 5.41) is 3.23. The first-order chi connectivity index (χ1) is 21.9. The van der Waals surface area contributed by atoms with E-state index in [1.807, 2.05) is 30.7 Å². The minimum atomic E-state index is -0.0619. The van der Waals surface area contributed by atoms with Gasteiger partial charge in [-0.2, -0.15) is 0 Å². The highest BCUT2D eigenvalue weighted by Crippen LogP contribution is 2.36. The van der Waals surface area contributed by atoms with Crippen LogP contribution >= 0.6 is 0 Å². The maximum atomic E-state index is 14.3. The van der Waals surface area contributed by atoms with Crippen LogP contribution < -0.4 is 10.2 Å². The molecule has 0 atom stereocenters. The summed E-state index contributed by atoms with van der Waals surface area (Å²) in [7, 11) is 2.17. The van der Waals surface area contributed by atoms with Gasteiger partial charge in [-0.1, -0.05) is 51.8 Å². The van der Waals surface area contributed by atoms with Crippen molar-refractivity contribution in [2.75, 3.05) is 56.5 Å². The third-order valence-electron chi connectivity index (χ3n) is 9.35. The van der Waals surface area contributed by atoms with Gasteiger partial charge < -0.3 is 15.1 Å². The average Bonchev–Trinajstić information content (AvgIpc) is 3.06. The first-order valence-corrected chi connectivity index (χ1v) is 17.1. The second kappa shape index (κ2) is 15.6. The van der Waals surface area contributed by atoms with E-state index >= 15 is 0 Å². The summed E-state index contributed by atoms with van der Waals surface area (Å²) < 4.78 is 0. The van der Waals surface area contributed by atoms with E-state index in [2.05, 4.69) is 84.0 Å². The van der Waals surface area contributed by atoms with Crippen LogP contribution in [0.2, 0.25) is 0 Å². The number of carbonyl (C=O) groups excluding carboxylic acids is 1. The molecule has 7 nitrogen and oxygen atoms in total. The number of carbonyl (C=O) groups is 1. The van der Waals surface area contributed by atoms with E-state index in [-0.39, 0.29) is 11.8 Å². The number of likely N-dealkylation sites (N-methyl/N-ethyl adjacent to an activating group) is 1. The van der Waals surface area contributed by atoms with Gasteiger partial charge in [-0.15, -0.1) is 0 Å². The van der Waals surface area contributed by atoms with Crippen molar-refractivity contribution < 1.29 is 4.79 Å². The number of benzene rings is 1. The molecule has 1 N–H and O–H groups in total. The lowest BCUT2D eigenvalue weighted by Crippen LogP contribution is -2.43. The van der Waals surface area contributed by atoms with Crippen molar-refractivity contribution in [2.45, 2.75) is 78.7 Å². The summed E-state index contributed by atoms with van der Waals surface area (Å²) in [6.45, 7) is 16.0. The minimum Gasteiger partial charge on any atom is -0.370 e. The minimum absolute atomic E-state index is 0.0619. The molecule has 0 saturated carbocycles. The Bertz CT molecular complexity index is 1450. The standard InChI is InChI=1S/C38H52N6O/c1-6-11-29(7-2)37(38(45)41-32-13-14-33(40-25-32)27-43-20-18-42(5)19-21-43)36-23-30(12-15-35(36)28(3)4)31-22-34(26-39-24-31)44-16-9-8-10-17-44/h12-15,22-26,28H,6-11,16-21,27H2,1-5H3,(H,41,45). The number of aromatic nitrogens is 2. The largest absolute Gasteiger partial charge is 0.370 e. The molecule has 2 saturated heterocycles. The summed E-state index contributed by atoms with van der Waals surface area (Å²) in [5.41, 5.74) is 9.31. The van der Waals surface area contributed by atoms with Gasteiger partial charge in [-0.05, 0) is 86.0 Å². The van der Waals surface area contributed by atoms with Crippen molar-refractivity contribution in [1.82, 2.24) is 19.8 Å². The van der Waals surface area contributed by atoms with Gasteiger partial charge in [0.05, 0.1) is 29.5 Å². The molecule has 2 aliphatic rings. The summed E-state index contributed by atoms with van der Waals surface area (Å²) >= 11 is 0. The average molecular weight is 609 g/mol. The molecule has 2 aliphatic heterocycles. The highest BCUT2D eigenvalue weighted by Gasteiger charge is 2.23. The van der Waals surface area contributed by atoms with Gasteiger partial charge in [0.15, 0.2) is 0 Å². The van der Waals surface area contributed by atoms with Gasteiger partial charge in [-0.25, -0.2) is 0 Å². The van der Waals surface area contributed by atoms with Gasteiger partial charge in [0.2, 0.25) is 0 Å². The third kappa shape index (κ3) is 8.39. The Balaban J connectivity index is 1.45. The van der Waals surface area contributed by atoms with E-state index in [4.69, 9.17) is 4.98 Å². The number of hydrogen-bond donors (Lipinski definition) is 1. The highest BCUT2D eigenvalue weighted by molar-refractivity contribution is 6.26. The molecule has 0 bridgehead atoms. The van der Waals surface area contributed by atoms with Crippen LogP contribution in [-0.4, -0.2) is 72.0 Å². The van der Waals surface area contributed by atoms with Gasteiger partial charge >= 0.3 is 0 Å². The smallest absolute Gasteiger partial charge is 0.256 e. The van der Waals surface area contributed by atoms with E-state index < -0.39 is 0 Å². The van der Waals surface area contributed by atoms with Crippen LogP contribution in [0.15, 0.2) is 60.6 Å². The molecule has 2 aromatic heterocycles. The quantitative estimate of drug-likeness (QED) is 0.226. The van der Waals surface area contributed by atoms with Crippen molar-refractivity contribution in [1.29, 1.82) is 0 Å². The Morgan fingerprint density at radius 1 is 0.889 bits per heavy atom. The molecule has 1 aromatic carbocycles. The number of allylic oxidation sites excluding steroid dienone is 1. The van der Waals surface area contributed by atoms with Crippen molar-refractivity contribution >= 4 is 22.9 Å². The summed E-state index contributed by atoms with van der Waals surface area (Å²) in [5.74, 6) is 0.207. The van der Waals surface area contributed by atoms with E-state index in [0.717, 1.165) is 98.7 Å². The fourth-order valence-corrected chi connectivity index (χ4v) is 6.64. The number of nitrogens with one attached hydrogen (secondary N) is 1. The predicted octanol–water partition coefficient (Wildman–Crippen LogP) is 7.61. The molecule has 3 aromatic rings. The second-order valence-corrected chi connectivity index (χ2v) is 13.1. The summed E-state index contributed by atoms with van der Waals surface area (Å²) in [4.78, 5) is 30.9. The number of piperidine rings is 1. The topological polar surface area (TPSA) is 64.6 Å². The van der Waals surface area contributed by atoms with Gasteiger partial charge in [0.1, 0.15) is 0 Å². The number of hydrogen-bond acceptors (Lipinski definition) is 6. The van der Waals surface area contributed by atoms with E-state index in [0.29, 0.717) is 0 Å². The zero-order chi connectivity index (χ0) is 31.8. The first kappa shape index (κ1) is 32.8. The van der Waals surface area contributed by atoms with Crippen LogP contribution in [0, 0.1) is 0 Å². The number of amides is 1. The SMILES string of the molecule is CCCC(CC)=C(C(=O)Nc1ccc(CN2CCN(C)CC2)nc1)c1cc(-c2cncc(N3CCCCC3)c2)ccc1C(C)C. The van der Waals surface area contributed by atoms with Crippen LogP contribution in [-0.2, 0) is 11.3 Å². The fraction of sp³-hybridized carbons (Fsp3) is 0.500. The molecule has 0 unspecified atom stereocenters. The lowest BCUT2D eigenvalue weighted by molar-refractivity contribution is -0.111. The van der Waals surface area contributed by atoms with Crippen LogP contribution in [0.5, 0.6) is 0 Å². The van der Waals surface area contributed by atoms with E-state index in [9.17, 15) is 4.79 Å². The van der Waals surface area contributed by atoms with Crippen molar-refractivity contribution in [2.24, 2.45) is 0 Å². The monoisotopic (exact) mass is 608 g/mol. The molecule has 0 radical (unpaired) electrons. The van der Waals surface area contributed by atoms with E-state index in [1.54, 1.807) is 0 Å². The van der Waals surface area contributed by atoms with Crippen LogP contribution in [0.3, 0.4) is 0 Å². The van der Waals surface area contributed by atoms with Crippen molar-refractivity contribution in [3.8, 4) is 11.1 Å². The summed E-state index contributed by atoms with van der Waals surface area (Å²) in [6, 6.07) is 12.9. The van der Waals surface area contributed by atoms with Gasteiger partial charge in [0.25, 0.3) is 5.91 Å². The molecule has 7 heteroatoms. The predicted molar refractivity (Wildman–Crippen MR) is 188 cm³/mol. The third-order valence-corrected chi connectivity index (χ3v) is 9.35. The summed E-state index contributed by atoms with van der Waals surface area (Å²) in [6.07, 6.45) is 12.2. The van der Waals surface area contributed by atoms with Crippen molar-refractivity contribution in [3.05, 3.63) is 77.4 Å². The zero-order valence-electron chi connectivity index (χ0n) is 28.1. The number of anilines is 2. The maximum Gasteiger partial charge on any atom is 0.256 e. The Morgan fingerprint density at radius 3 is 2.33 bits per heavy atom. The molecule has 2 fully saturated rings. The second-order valence-electron chi connectivity index (χ2n) is 13.1. The fourth-order valence-electron chi connectivity index (χ4n) is 6.64. The number of piperazine rings is 1. The van der Waals surface area contributed by atoms with Crippen molar-refractivity contribution in [3.63, 3.8) is 0 Å². The molecule has 45 heavy (non-hydrogen) atoms. The molecule has 0 spiro atoms. The van der Waals surface area contributed by atoms with Crippen LogP contribution in [0.4, 0.5) is 11.4 Å². The van der Waals surface area contributed by atoms with E-state index in [1.165, 1.54) is 36.1 Å². The molecule has 1 amide bonds. The Morgan fingerprint density at radius 2 is 1.67 bits per heavy atom. The molecule has 0 aliphatic carbocycles. The van der Waals surface area contributed by atoms with Gasteiger partial charge in [-0.3, -0.25) is 19.7 Å². The zero-order valence-corrected chi connectivity index (χ0v) is 28.1. The van der Waals surface area contributed by atoms with Gasteiger partial charge in [0, 0.05) is 63.1 Å². The Labute approximate surface area is 270 Å². The molecular weight excluding hydrogens is 556 g/mol. The molecule has 5 rings (SSSR count). The van der Waals surface area contributed by atoms with Crippen LogP contribution in [0.1, 0.15) is 89.0 Å². The number of rotatable bonds is 11. The normalized spacial score (nSPS) is 17.0. The molecule has 240 valence electrons. The molecule has 4 heterocycles. The number of pyridine rings is 2. The van der Waals surface area contributed by atoms with Crippen LogP contribution in [0.25, 0.3) is 16.7 Å². The lowest BCUT2D eigenvalue weighted by atomic mass is 9.85. The molecular formula is C38H52N6O. The highest BCUT2D eigenvalue weighted by atomic mass is 16.1.